The molecule has 1 heterocycles. The van der Waals surface area contributed by atoms with Crippen molar-refractivity contribution < 1.29 is 38.0 Å². The van der Waals surface area contributed by atoms with Crippen molar-refractivity contribution in [1.29, 1.82) is 0 Å². The molecule has 0 radical (unpaired) electrons. The molecule has 11 nitrogen and oxygen atoms in total. The first-order valence-electron chi connectivity index (χ1n) is 13.9. The van der Waals surface area contributed by atoms with Crippen molar-refractivity contribution in [2.45, 2.75) is 52.6 Å². The van der Waals surface area contributed by atoms with Crippen LogP contribution in [0.15, 0.2) is 71.8 Å². The van der Waals surface area contributed by atoms with Gasteiger partial charge < -0.3 is 33.7 Å². The molecule has 1 atom stereocenters. The molecule has 0 aromatic heterocycles. The zero-order valence-electron chi connectivity index (χ0n) is 24.8. The SMILES string of the molecule is CCOc1cc(/C=N\NC(=O)[C@H](COCc2ccccc2)NC(=O)OC(C)(C)C)ccc1OCc1ccc2c(c1)OCO2. The second-order valence-electron chi connectivity index (χ2n) is 10.5. The third kappa shape index (κ3) is 9.93. The minimum atomic E-state index is -1.04. The average Bonchev–Trinajstić information content (AvgIpc) is 3.44. The van der Waals surface area contributed by atoms with Gasteiger partial charge in [-0.2, -0.15) is 5.10 Å². The maximum absolute atomic E-state index is 13.0. The molecule has 0 saturated heterocycles. The first-order valence-corrected chi connectivity index (χ1v) is 13.9. The summed E-state index contributed by atoms with van der Waals surface area (Å²) >= 11 is 0. The van der Waals surface area contributed by atoms with E-state index in [9.17, 15) is 9.59 Å². The Hall–Kier alpha value is -4.77. The highest BCUT2D eigenvalue weighted by Crippen LogP contribution is 2.34. The highest BCUT2D eigenvalue weighted by atomic mass is 16.7. The van der Waals surface area contributed by atoms with Crippen molar-refractivity contribution in [2.75, 3.05) is 20.0 Å². The van der Waals surface area contributed by atoms with Crippen molar-refractivity contribution in [1.82, 2.24) is 10.7 Å². The molecule has 228 valence electrons. The predicted molar refractivity (Wildman–Crippen MR) is 160 cm³/mol. The summed E-state index contributed by atoms with van der Waals surface area (Å²) in [5.41, 5.74) is 4.26. The van der Waals surface area contributed by atoms with Crippen LogP contribution < -0.4 is 29.7 Å². The zero-order valence-corrected chi connectivity index (χ0v) is 24.8. The van der Waals surface area contributed by atoms with Gasteiger partial charge in [0.1, 0.15) is 18.2 Å². The molecule has 1 aliphatic heterocycles. The molecule has 2 amide bonds. The minimum Gasteiger partial charge on any atom is -0.490 e. The summed E-state index contributed by atoms with van der Waals surface area (Å²) in [6, 6.07) is 19.4. The van der Waals surface area contributed by atoms with Crippen LogP contribution in [0.1, 0.15) is 44.4 Å². The number of nitrogens with one attached hydrogen (secondary N) is 2. The minimum absolute atomic E-state index is 0.0839. The number of benzene rings is 3. The number of alkyl carbamates (subject to hydrolysis) is 1. The molecular weight excluding hydrogens is 554 g/mol. The predicted octanol–water partition coefficient (Wildman–Crippen LogP) is 4.95. The molecule has 0 fully saturated rings. The molecule has 43 heavy (non-hydrogen) atoms. The van der Waals surface area contributed by atoms with Gasteiger partial charge in [0.2, 0.25) is 6.79 Å². The number of carbonyl (C=O) groups is 2. The lowest BCUT2D eigenvalue weighted by molar-refractivity contribution is -0.124. The lowest BCUT2D eigenvalue weighted by Gasteiger charge is -2.22. The third-order valence-electron chi connectivity index (χ3n) is 5.89. The van der Waals surface area contributed by atoms with E-state index in [2.05, 4.69) is 15.8 Å². The summed E-state index contributed by atoms with van der Waals surface area (Å²) in [6.45, 7) is 8.22. The number of rotatable bonds is 13. The Bertz CT molecular complexity index is 1410. The molecule has 0 spiro atoms. The van der Waals surface area contributed by atoms with Gasteiger partial charge in [-0.15, -0.1) is 0 Å². The van der Waals surface area contributed by atoms with E-state index >= 15 is 0 Å². The topological polar surface area (TPSA) is 126 Å². The van der Waals surface area contributed by atoms with Crippen LogP contribution in [0.25, 0.3) is 0 Å². The molecule has 11 heteroatoms. The molecule has 0 saturated carbocycles. The van der Waals surface area contributed by atoms with Crippen molar-refractivity contribution in [3.8, 4) is 23.0 Å². The van der Waals surface area contributed by atoms with Crippen LogP contribution >= 0.6 is 0 Å². The smallest absolute Gasteiger partial charge is 0.408 e. The molecular formula is C32H37N3O8. The monoisotopic (exact) mass is 591 g/mol. The number of amides is 2. The number of fused-ring (bicyclic) bond motifs is 1. The fraction of sp³-hybridized carbons (Fsp3) is 0.344. The Morgan fingerprint density at radius 3 is 2.49 bits per heavy atom. The number of ether oxygens (including phenoxy) is 6. The second kappa shape index (κ2) is 14.9. The third-order valence-corrected chi connectivity index (χ3v) is 5.89. The standard InChI is InChI=1S/C32H37N3O8/c1-5-39-28-15-23(11-13-26(28)40-19-24-12-14-27-29(16-24)42-21-41-27)17-33-35-30(36)25(34-31(37)43-32(2,3)4)20-38-18-22-9-7-6-8-10-22/h6-17,25H,5,18-21H2,1-4H3,(H,34,37)(H,35,36)/b33-17-/t25-/m0/s1. The molecule has 0 bridgehead atoms. The highest BCUT2D eigenvalue weighted by molar-refractivity contribution is 5.87. The van der Waals surface area contributed by atoms with E-state index in [0.29, 0.717) is 41.8 Å². The number of hydrogen-bond donors (Lipinski definition) is 2. The van der Waals surface area contributed by atoms with E-state index in [1.807, 2.05) is 55.5 Å². The largest absolute Gasteiger partial charge is 0.490 e. The summed E-state index contributed by atoms with van der Waals surface area (Å²) in [5.74, 6) is 1.91. The average molecular weight is 592 g/mol. The van der Waals surface area contributed by atoms with Crippen LogP contribution in [0.4, 0.5) is 4.79 Å². The Balaban J connectivity index is 1.36. The molecule has 1 aliphatic rings. The van der Waals surface area contributed by atoms with Gasteiger partial charge in [-0.3, -0.25) is 4.79 Å². The van der Waals surface area contributed by atoms with Gasteiger partial charge in [-0.25, -0.2) is 10.2 Å². The number of nitrogens with zero attached hydrogens (tertiary/aromatic N) is 1. The molecule has 4 rings (SSSR count). The van der Waals surface area contributed by atoms with E-state index in [-0.39, 0.29) is 20.0 Å². The molecule has 0 aliphatic carbocycles. The van der Waals surface area contributed by atoms with E-state index in [1.54, 1.807) is 39.0 Å². The number of hydrazone groups is 1. The normalized spacial score (nSPS) is 12.9. The first-order chi connectivity index (χ1) is 20.7. The van der Waals surface area contributed by atoms with Crippen molar-refractivity contribution in [2.24, 2.45) is 5.10 Å². The van der Waals surface area contributed by atoms with E-state index in [4.69, 9.17) is 28.4 Å². The lowest BCUT2D eigenvalue weighted by Crippen LogP contribution is -2.49. The van der Waals surface area contributed by atoms with E-state index in [0.717, 1.165) is 11.1 Å². The fourth-order valence-corrected chi connectivity index (χ4v) is 3.93. The van der Waals surface area contributed by atoms with Crippen molar-refractivity contribution in [3.05, 3.63) is 83.4 Å². The summed E-state index contributed by atoms with van der Waals surface area (Å²) in [5, 5.41) is 6.63. The Morgan fingerprint density at radius 2 is 1.72 bits per heavy atom. The Kier molecular flexibility index (Phi) is 10.8. The lowest BCUT2D eigenvalue weighted by atomic mass is 10.2. The maximum atomic E-state index is 13.0. The first kappa shape index (κ1) is 31.2. The molecule has 3 aromatic carbocycles. The van der Waals surface area contributed by atoms with Gasteiger partial charge in [-0.1, -0.05) is 36.4 Å². The van der Waals surface area contributed by atoms with E-state index in [1.165, 1.54) is 6.21 Å². The Morgan fingerprint density at radius 1 is 0.930 bits per heavy atom. The quantitative estimate of drug-likeness (QED) is 0.211. The second-order valence-corrected chi connectivity index (χ2v) is 10.5. The summed E-state index contributed by atoms with van der Waals surface area (Å²) in [7, 11) is 0. The van der Waals surface area contributed by atoms with Crippen molar-refractivity contribution in [3.63, 3.8) is 0 Å². The van der Waals surface area contributed by atoms with Crippen LogP contribution in [0.2, 0.25) is 0 Å². The summed E-state index contributed by atoms with van der Waals surface area (Å²) in [6.07, 6.45) is 0.731. The van der Waals surface area contributed by atoms with Gasteiger partial charge in [0, 0.05) is 0 Å². The van der Waals surface area contributed by atoms with Gasteiger partial charge in [0.25, 0.3) is 5.91 Å². The number of hydrogen-bond acceptors (Lipinski definition) is 9. The fourth-order valence-electron chi connectivity index (χ4n) is 3.93. The maximum Gasteiger partial charge on any atom is 0.408 e. The molecule has 2 N–H and O–H groups in total. The van der Waals surface area contributed by atoms with E-state index < -0.39 is 23.6 Å². The van der Waals surface area contributed by atoms with Crippen LogP contribution in [0, 0.1) is 0 Å². The summed E-state index contributed by atoms with van der Waals surface area (Å²) < 4.78 is 33.6. The van der Waals surface area contributed by atoms with Gasteiger partial charge in [0.15, 0.2) is 23.0 Å². The molecule has 3 aromatic rings. The number of carbonyl (C=O) groups excluding carboxylic acids is 2. The highest BCUT2D eigenvalue weighted by Gasteiger charge is 2.24. The summed E-state index contributed by atoms with van der Waals surface area (Å²) in [4.78, 5) is 25.3. The van der Waals surface area contributed by atoms with Gasteiger partial charge in [-0.05, 0) is 74.7 Å². The van der Waals surface area contributed by atoms with Crippen LogP contribution in [0.3, 0.4) is 0 Å². The van der Waals surface area contributed by atoms with Crippen LogP contribution in [0.5, 0.6) is 23.0 Å². The van der Waals surface area contributed by atoms with Crippen LogP contribution in [-0.2, 0) is 27.5 Å². The zero-order chi connectivity index (χ0) is 30.7. The van der Waals surface area contributed by atoms with Crippen LogP contribution in [-0.4, -0.2) is 49.9 Å². The van der Waals surface area contributed by atoms with Gasteiger partial charge >= 0.3 is 6.09 Å². The Labute approximate surface area is 251 Å². The van der Waals surface area contributed by atoms with Crippen molar-refractivity contribution >= 4 is 18.2 Å². The van der Waals surface area contributed by atoms with Gasteiger partial charge in [0.05, 0.1) is 26.0 Å². The molecule has 0 unspecified atom stereocenters.